The molecule has 0 aromatic carbocycles. The van der Waals surface area contributed by atoms with E-state index in [1.54, 1.807) is 6.92 Å². The van der Waals surface area contributed by atoms with Crippen LogP contribution in [-0.2, 0) is 4.74 Å². The van der Waals surface area contributed by atoms with Gasteiger partial charge in [-0.15, -0.1) is 0 Å². The molecule has 0 saturated heterocycles. The summed E-state index contributed by atoms with van der Waals surface area (Å²) >= 11 is 0. The van der Waals surface area contributed by atoms with Crippen molar-refractivity contribution in [3.05, 3.63) is 24.3 Å². The molecule has 2 atom stereocenters. The molecule has 0 saturated carbocycles. The minimum absolute atomic E-state index is 0.162. The van der Waals surface area contributed by atoms with E-state index in [4.69, 9.17) is 0 Å². The Morgan fingerprint density at radius 2 is 2.27 bits per heavy atom. The van der Waals surface area contributed by atoms with Gasteiger partial charge in [-0.2, -0.15) is 0 Å². The summed E-state index contributed by atoms with van der Waals surface area (Å²) in [6, 6.07) is 0. The number of hydrogen-bond donors (Lipinski definition) is 0. The molecule has 1 aliphatic carbocycles. The van der Waals surface area contributed by atoms with Gasteiger partial charge in [0, 0.05) is 6.61 Å². The summed E-state index contributed by atoms with van der Waals surface area (Å²) in [5, 5.41) is 0. The Hall–Kier alpha value is -0.700. The second-order valence-corrected chi connectivity index (χ2v) is 2.28. The first-order valence-electron chi connectivity index (χ1n) is 3.52. The highest BCUT2D eigenvalue weighted by atomic mass is 19.2. The third kappa shape index (κ3) is 1.66. The lowest BCUT2D eigenvalue weighted by molar-refractivity contribution is -0.136. The highest BCUT2D eigenvalue weighted by molar-refractivity contribution is 5.19. The molecule has 1 rings (SSSR count). The lowest BCUT2D eigenvalue weighted by Gasteiger charge is -2.24. The van der Waals surface area contributed by atoms with E-state index in [1.165, 1.54) is 12.2 Å². The second-order valence-electron chi connectivity index (χ2n) is 2.28. The Bertz CT molecular complexity index is 189. The standard InChI is InChI=1S/C8H10F2O/c1-2-11-8(10)6-4-3-5-7(8)9/h3-7H,2H2,1H3. The minimum Gasteiger partial charge on any atom is -0.340 e. The third-order valence-corrected chi connectivity index (χ3v) is 1.46. The number of hydrogen-bond acceptors (Lipinski definition) is 1. The van der Waals surface area contributed by atoms with Crippen molar-refractivity contribution in [2.75, 3.05) is 6.61 Å². The topological polar surface area (TPSA) is 9.23 Å². The van der Waals surface area contributed by atoms with Crippen molar-refractivity contribution in [3.8, 4) is 0 Å². The molecule has 0 radical (unpaired) electrons. The largest absolute Gasteiger partial charge is 0.340 e. The van der Waals surface area contributed by atoms with Gasteiger partial charge >= 0.3 is 0 Å². The van der Waals surface area contributed by atoms with Gasteiger partial charge in [-0.05, 0) is 19.1 Å². The molecule has 0 heterocycles. The number of ether oxygens (including phenoxy) is 1. The van der Waals surface area contributed by atoms with Crippen molar-refractivity contribution >= 4 is 0 Å². The Kier molecular flexibility index (Phi) is 2.39. The predicted molar refractivity (Wildman–Crippen MR) is 38.6 cm³/mol. The van der Waals surface area contributed by atoms with Crippen LogP contribution in [0.25, 0.3) is 0 Å². The molecule has 1 aliphatic rings. The van der Waals surface area contributed by atoms with E-state index >= 15 is 0 Å². The maximum absolute atomic E-state index is 13.2. The molecule has 0 aliphatic heterocycles. The first-order chi connectivity index (χ1) is 5.19. The van der Waals surface area contributed by atoms with E-state index in [0.29, 0.717) is 0 Å². The van der Waals surface area contributed by atoms with Crippen molar-refractivity contribution in [1.82, 2.24) is 0 Å². The van der Waals surface area contributed by atoms with Crippen LogP contribution in [-0.4, -0.2) is 18.6 Å². The average Bonchev–Trinajstić information content (AvgIpc) is 1.96. The lowest BCUT2D eigenvalue weighted by Crippen LogP contribution is -2.35. The Labute approximate surface area is 64.4 Å². The molecule has 0 fully saturated rings. The van der Waals surface area contributed by atoms with Gasteiger partial charge in [-0.25, -0.2) is 8.78 Å². The van der Waals surface area contributed by atoms with Gasteiger partial charge in [0.25, 0.3) is 5.85 Å². The summed E-state index contributed by atoms with van der Waals surface area (Å²) in [6.45, 7) is 1.79. The third-order valence-electron chi connectivity index (χ3n) is 1.46. The maximum Gasteiger partial charge on any atom is 0.263 e. The van der Waals surface area contributed by atoms with Crippen molar-refractivity contribution in [1.29, 1.82) is 0 Å². The fourth-order valence-electron chi connectivity index (χ4n) is 0.921. The lowest BCUT2D eigenvalue weighted by atomic mass is 10.1. The minimum atomic E-state index is -2.25. The van der Waals surface area contributed by atoms with Crippen LogP contribution in [0.5, 0.6) is 0 Å². The molecule has 0 amide bonds. The van der Waals surface area contributed by atoms with Crippen molar-refractivity contribution < 1.29 is 13.5 Å². The molecule has 3 heteroatoms. The van der Waals surface area contributed by atoms with Crippen LogP contribution < -0.4 is 0 Å². The van der Waals surface area contributed by atoms with Gasteiger partial charge in [0.2, 0.25) is 0 Å². The highest BCUT2D eigenvalue weighted by Crippen LogP contribution is 2.26. The van der Waals surface area contributed by atoms with Crippen molar-refractivity contribution in [3.63, 3.8) is 0 Å². The molecular formula is C8H10F2O. The van der Waals surface area contributed by atoms with E-state index in [9.17, 15) is 8.78 Å². The monoisotopic (exact) mass is 160 g/mol. The molecule has 2 unspecified atom stereocenters. The number of allylic oxidation sites excluding steroid dienone is 2. The molecule has 11 heavy (non-hydrogen) atoms. The summed E-state index contributed by atoms with van der Waals surface area (Å²) in [6.07, 6.45) is 3.43. The zero-order valence-electron chi connectivity index (χ0n) is 6.26. The van der Waals surface area contributed by atoms with Crippen molar-refractivity contribution in [2.45, 2.75) is 19.0 Å². The quantitative estimate of drug-likeness (QED) is 0.601. The predicted octanol–water partition coefficient (Wildman–Crippen LogP) is 2.15. The van der Waals surface area contributed by atoms with E-state index in [1.807, 2.05) is 0 Å². The van der Waals surface area contributed by atoms with Crippen molar-refractivity contribution in [2.24, 2.45) is 0 Å². The van der Waals surface area contributed by atoms with Crippen LogP contribution in [0.2, 0.25) is 0 Å². The average molecular weight is 160 g/mol. The fraction of sp³-hybridized carbons (Fsp3) is 0.500. The van der Waals surface area contributed by atoms with Crippen LogP contribution >= 0.6 is 0 Å². The van der Waals surface area contributed by atoms with Gasteiger partial charge in [-0.3, -0.25) is 0 Å². The van der Waals surface area contributed by atoms with E-state index in [0.717, 1.165) is 12.2 Å². The molecule has 1 nitrogen and oxygen atoms in total. The van der Waals surface area contributed by atoms with Crippen LogP contribution in [0.4, 0.5) is 8.78 Å². The molecule has 0 aromatic rings. The first-order valence-corrected chi connectivity index (χ1v) is 3.52. The maximum atomic E-state index is 13.2. The molecule has 0 N–H and O–H groups in total. The van der Waals surface area contributed by atoms with E-state index in [-0.39, 0.29) is 6.61 Å². The smallest absolute Gasteiger partial charge is 0.263 e. The van der Waals surface area contributed by atoms with Gasteiger partial charge in [0.1, 0.15) is 0 Å². The summed E-state index contributed by atoms with van der Waals surface area (Å²) in [4.78, 5) is 0. The summed E-state index contributed by atoms with van der Waals surface area (Å²) in [7, 11) is 0. The molecule has 0 spiro atoms. The van der Waals surface area contributed by atoms with Gasteiger partial charge in [0.15, 0.2) is 6.17 Å². The number of alkyl halides is 2. The summed E-state index contributed by atoms with van der Waals surface area (Å²) < 4.78 is 30.6. The Morgan fingerprint density at radius 3 is 2.82 bits per heavy atom. The van der Waals surface area contributed by atoms with Crippen LogP contribution in [0.1, 0.15) is 6.92 Å². The van der Waals surface area contributed by atoms with Gasteiger partial charge in [-0.1, -0.05) is 12.2 Å². The first kappa shape index (κ1) is 8.40. The second kappa shape index (κ2) is 3.13. The normalized spacial score (nSPS) is 36.1. The van der Waals surface area contributed by atoms with Crippen LogP contribution in [0, 0.1) is 0 Å². The van der Waals surface area contributed by atoms with Gasteiger partial charge < -0.3 is 4.74 Å². The summed E-state index contributed by atoms with van der Waals surface area (Å²) in [5.41, 5.74) is 0. The molecular weight excluding hydrogens is 150 g/mol. The SMILES string of the molecule is CCOC1(F)C=CC=CC1F. The van der Waals surface area contributed by atoms with E-state index < -0.39 is 12.0 Å². The highest BCUT2D eigenvalue weighted by Gasteiger charge is 2.37. The van der Waals surface area contributed by atoms with Crippen LogP contribution in [0.3, 0.4) is 0 Å². The van der Waals surface area contributed by atoms with Crippen LogP contribution in [0.15, 0.2) is 24.3 Å². The number of rotatable bonds is 2. The zero-order valence-corrected chi connectivity index (χ0v) is 6.26. The van der Waals surface area contributed by atoms with E-state index in [2.05, 4.69) is 4.74 Å². The zero-order chi connectivity index (χ0) is 8.32. The fourth-order valence-corrected chi connectivity index (χ4v) is 0.921. The number of halogens is 2. The molecule has 62 valence electrons. The Morgan fingerprint density at radius 1 is 1.55 bits per heavy atom. The Balaban J connectivity index is 2.68. The van der Waals surface area contributed by atoms with Gasteiger partial charge in [0.05, 0.1) is 0 Å². The molecule has 0 bridgehead atoms. The summed E-state index contributed by atoms with van der Waals surface area (Å²) in [5.74, 6) is -2.25. The molecule has 0 aromatic heterocycles.